The van der Waals surface area contributed by atoms with E-state index in [1.165, 1.54) is 0 Å². The van der Waals surface area contributed by atoms with Crippen molar-refractivity contribution in [1.29, 1.82) is 0 Å². The van der Waals surface area contributed by atoms with E-state index in [2.05, 4.69) is 15.0 Å². The first kappa shape index (κ1) is 8.25. The molecule has 6 heteroatoms. The van der Waals surface area contributed by atoms with Gasteiger partial charge in [-0.2, -0.15) is 9.97 Å². The highest BCUT2D eigenvalue weighted by atomic mass is 35.5. The van der Waals surface area contributed by atoms with Crippen molar-refractivity contribution in [3.05, 3.63) is 11.6 Å². The Morgan fingerprint density at radius 2 is 2.31 bits per heavy atom. The summed E-state index contributed by atoms with van der Waals surface area (Å²) in [6, 6.07) is 0. The number of aryl methyl sites for hydroxylation is 1. The summed E-state index contributed by atoms with van der Waals surface area (Å²) < 4.78 is 1.88. The van der Waals surface area contributed by atoms with Gasteiger partial charge in [0.15, 0.2) is 11.5 Å². The van der Waals surface area contributed by atoms with Crippen molar-refractivity contribution in [2.24, 2.45) is 0 Å². The summed E-state index contributed by atoms with van der Waals surface area (Å²) in [7, 11) is 0. The lowest BCUT2D eigenvalue weighted by Gasteiger charge is -2.00. The van der Waals surface area contributed by atoms with Crippen molar-refractivity contribution in [3.8, 4) is 0 Å². The molecule has 0 unspecified atom stereocenters. The second-order valence-electron chi connectivity index (χ2n) is 2.58. The van der Waals surface area contributed by atoms with Gasteiger partial charge in [-0.05, 0) is 18.5 Å². The third kappa shape index (κ3) is 1.21. The number of aromatic nitrogens is 4. The molecule has 5 nitrogen and oxygen atoms in total. The fourth-order valence-electron chi connectivity index (χ4n) is 1.22. The van der Waals surface area contributed by atoms with Gasteiger partial charge in [0, 0.05) is 6.54 Å². The minimum Gasteiger partial charge on any atom is -0.382 e. The van der Waals surface area contributed by atoms with Gasteiger partial charge in [0.1, 0.15) is 5.52 Å². The average Bonchev–Trinajstić information content (AvgIpc) is 2.47. The van der Waals surface area contributed by atoms with Crippen LogP contribution in [-0.4, -0.2) is 19.5 Å². The predicted molar refractivity (Wildman–Crippen MR) is 50.4 cm³/mol. The van der Waals surface area contributed by atoms with E-state index in [0.717, 1.165) is 12.1 Å². The molecule has 0 aliphatic carbocycles. The highest BCUT2D eigenvalue weighted by molar-refractivity contribution is 6.28. The SMILES string of the molecule is CCn1cnc2nc(Cl)nc(N)c21. The lowest BCUT2D eigenvalue weighted by Crippen LogP contribution is -1.99. The Kier molecular flexibility index (Phi) is 1.81. The Morgan fingerprint density at radius 3 is 3.00 bits per heavy atom. The van der Waals surface area contributed by atoms with Crippen LogP contribution in [0.4, 0.5) is 5.82 Å². The van der Waals surface area contributed by atoms with E-state index in [1.54, 1.807) is 6.33 Å². The summed E-state index contributed by atoms with van der Waals surface area (Å²) in [5.41, 5.74) is 6.97. The number of nitrogens with two attached hydrogens (primary N) is 1. The molecule has 0 saturated heterocycles. The molecule has 2 N–H and O–H groups in total. The molecule has 0 aromatic carbocycles. The zero-order valence-electron chi connectivity index (χ0n) is 7.03. The van der Waals surface area contributed by atoms with Crippen LogP contribution in [0.5, 0.6) is 0 Å². The van der Waals surface area contributed by atoms with Crippen molar-refractivity contribution in [2.45, 2.75) is 13.5 Å². The van der Waals surface area contributed by atoms with Gasteiger partial charge in [0.25, 0.3) is 0 Å². The maximum atomic E-state index is 5.68. The smallest absolute Gasteiger partial charge is 0.226 e. The fourth-order valence-corrected chi connectivity index (χ4v) is 1.39. The molecule has 2 rings (SSSR count). The Hall–Kier alpha value is -1.36. The molecule has 0 amide bonds. The van der Waals surface area contributed by atoms with Crippen molar-refractivity contribution in [2.75, 3.05) is 5.73 Å². The molecule has 0 radical (unpaired) electrons. The minimum absolute atomic E-state index is 0.131. The van der Waals surface area contributed by atoms with Gasteiger partial charge >= 0.3 is 0 Å². The van der Waals surface area contributed by atoms with Gasteiger partial charge in [-0.15, -0.1) is 0 Å². The molecule has 0 aliphatic heterocycles. The van der Waals surface area contributed by atoms with Crippen LogP contribution in [0.1, 0.15) is 6.92 Å². The highest BCUT2D eigenvalue weighted by Crippen LogP contribution is 2.18. The number of fused-ring (bicyclic) bond motifs is 1. The summed E-state index contributed by atoms with van der Waals surface area (Å²) in [5.74, 6) is 0.370. The minimum atomic E-state index is 0.131. The Balaban J connectivity index is 2.82. The van der Waals surface area contributed by atoms with Crippen molar-refractivity contribution in [1.82, 2.24) is 19.5 Å². The molecular formula is C7H8ClN5. The molecule has 0 spiro atoms. The van der Waals surface area contributed by atoms with Crippen molar-refractivity contribution < 1.29 is 0 Å². The van der Waals surface area contributed by atoms with E-state index in [1.807, 2.05) is 11.5 Å². The second kappa shape index (κ2) is 2.85. The summed E-state index contributed by atoms with van der Waals surface area (Å²) in [4.78, 5) is 11.9. The first-order valence-electron chi connectivity index (χ1n) is 3.86. The van der Waals surface area contributed by atoms with Crippen molar-refractivity contribution in [3.63, 3.8) is 0 Å². The molecule has 0 aliphatic rings. The zero-order chi connectivity index (χ0) is 9.42. The molecule has 0 saturated carbocycles. The molecule has 0 fully saturated rings. The number of halogens is 1. The Labute approximate surface area is 79.6 Å². The van der Waals surface area contributed by atoms with Gasteiger partial charge in [-0.1, -0.05) is 0 Å². The van der Waals surface area contributed by atoms with E-state index >= 15 is 0 Å². The Bertz CT molecular complexity index is 449. The van der Waals surface area contributed by atoms with E-state index in [-0.39, 0.29) is 5.28 Å². The predicted octanol–water partition coefficient (Wildman–Crippen LogP) is 1.08. The zero-order valence-corrected chi connectivity index (χ0v) is 7.78. The van der Waals surface area contributed by atoms with Gasteiger partial charge < -0.3 is 10.3 Å². The number of anilines is 1. The van der Waals surface area contributed by atoms with Gasteiger partial charge in [0.2, 0.25) is 5.28 Å². The molecule has 0 atom stereocenters. The molecular weight excluding hydrogens is 190 g/mol. The maximum Gasteiger partial charge on any atom is 0.226 e. The standard InChI is InChI=1S/C7H8ClN5/c1-2-13-3-10-6-4(13)5(9)11-7(8)12-6/h3H,2H2,1H3,(H2,9,11,12). The first-order valence-corrected chi connectivity index (χ1v) is 4.24. The van der Waals surface area contributed by atoms with Crippen LogP contribution < -0.4 is 5.73 Å². The van der Waals surface area contributed by atoms with Crippen molar-refractivity contribution >= 4 is 28.6 Å². The molecule has 68 valence electrons. The largest absolute Gasteiger partial charge is 0.382 e. The van der Waals surface area contributed by atoms with Crippen LogP contribution in [0.2, 0.25) is 5.28 Å². The highest BCUT2D eigenvalue weighted by Gasteiger charge is 2.08. The van der Waals surface area contributed by atoms with Crippen LogP contribution in [0.25, 0.3) is 11.2 Å². The van der Waals surface area contributed by atoms with E-state index in [9.17, 15) is 0 Å². The molecule has 2 heterocycles. The molecule has 2 aromatic heterocycles. The Morgan fingerprint density at radius 1 is 1.54 bits per heavy atom. The van der Waals surface area contributed by atoms with E-state index < -0.39 is 0 Å². The number of hydrogen-bond acceptors (Lipinski definition) is 4. The lowest BCUT2D eigenvalue weighted by molar-refractivity contribution is 0.786. The van der Waals surface area contributed by atoms with Crippen LogP contribution in [0.3, 0.4) is 0 Å². The van der Waals surface area contributed by atoms with Gasteiger partial charge in [0.05, 0.1) is 6.33 Å². The van der Waals surface area contributed by atoms with Gasteiger partial charge in [-0.25, -0.2) is 4.98 Å². The summed E-state index contributed by atoms with van der Waals surface area (Å²) in [6.45, 7) is 2.78. The number of hydrogen-bond donors (Lipinski definition) is 1. The number of nitrogens with zero attached hydrogens (tertiary/aromatic N) is 4. The maximum absolute atomic E-state index is 5.68. The normalized spacial score (nSPS) is 10.9. The monoisotopic (exact) mass is 197 g/mol. The molecule has 13 heavy (non-hydrogen) atoms. The van der Waals surface area contributed by atoms with E-state index in [4.69, 9.17) is 17.3 Å². The fraction of sp³-hybridized carbons (Fsp3) is 0.286. The second-order valence-corrected chi connectivity index (χ2v) is 2.92. The van der Waals surface area contributed by atoms with Gasteiger partial charge in [-0.3, -0.25) is 0 Å². The van der Waals surface area contributed by atoms with Crippen LogP contribution in [-0.2, 0) is 6.54 Å². The number of rotatable bonds is 1. The van der Waals surface area contributed by atoms with Crippen LogP contribution in [0, 0.1) is 0 Å². The average molecular weight is 198 g/mol. The topological polar surface area (TPSA) is 69.6 Å². The number of imidazole rings is 1. The van der Waals surface area contributed by atoms with Crippen LogP contribution >= 0.6 is 11.6 Å². The van der Waals surface area contributed by atoms with E-state index in [0.29, 0.717) is 11.5 Å². The van der Waals surface area contributed by atoms with Crippen LogP contribution in [0.15, 0.2) is 6.33 Å². The third-order valence-corrected chi connectivity index (χ3v) is 1.98. The lowest BCUT2D eigenvalue weighted by atomic mass is 10.5. The number of nitrogen functional groups attached to an aromatic ring is 1. The molecule has 0 bridgehead atoms. The quantitative estimate of drug-likeness (QED) is 0.695. The molecule has 2 aromatic rings. The summed E-state index contributed by atoms with van der Waals surface area (Å²) in [6.07, 6.45) is 1.67. The summed E-state index contributed by atoms with van der Waals surface area (Å²) >= 11 is 5.62. The summed E-state index contributed by atoms with van der Waals surface area (Å²) in [5, 5.41) is 0.131. The first-order chi connectivity index (χ1) is 6.22. The third-order valence-electron chi connectivity index (χ3n) is 1.81.